The Morgan fingerprint density at radius 2 is 2.06 bits per heavy atom. The molecule has 0 unspecified atom stereocenters. The number of rotatable bonds is 3. The van der Waals surface area contributed by atoms with Crippen LogP contribution in [0.1, 0.15) is 18.4 Å². The maximum absolute atomic E-state index is 3.59. The molecular weight excluding hydrogens is 282 g/mol. The van der Waals surface area contributed by atoms with Gasteiger partial charge in [0.15, 0.2) is 0 Å². The maximum atomic E-state index is 3.59. The summed E-state index contributed by atoms with van der Waals surface area (Å²) < 4.78 is 1.21. The smallest absolute Gasteiger partial charge is 0.0189 e. The molecule has 1 N–H and O–H groups in total. The second kappa shape index (κ2) is 6.08. The van der Waals surface area contributed by atoms with Crippen molar-refractivity contribution in [3.8, 4) is 0 Å². The molecule has 1 heterocycles. The zero-order chi connectivity index (χ0) is 11.4. The molecule has 1 aromatic carbocycles. The second-order valence-electron chi connectivity index (χ2n) is 4.40. The van der Waals surface area contributed by atoms with Gasteiger partial charge in [-0.3, -0.25) is 0 Å². The Labute approximate surface area is 111 Å². The zero-order valence-electron chi connectivity index (χ0n) is 9.63. The third kappa shape index (κ3) is 3.51. The van der Waals surface area contributed by atoms with Crippen LogP contribution in [0.2, 0.25) is 0 Å². The van der Waals surface area contributed by atoms with Crippen molar-refractivity contribution in [2.24, 2.45) is 5.92 Å². The molecule has 2 rings (SSSR count). The van der Waals surface area contributed by atoms with Crippen LogP contribution >= 0.6 is 27.7 Å². The van der Waals surface area contributed by atoms with Gasteiger partial charge in [0, 0.05) is 9.37 Å². The van der Waals surface area contributed by atoms with Crippen LogP contribution in [-0.4, -0.2) is 19.3 Å². The SMILES string of the molecule is CSc1cc(Br)cc(CC2CCNCC2)c1. The van der Waals surface area contributed by atoms with Crippen LogP contribution < -0.4 is 5.32 Å². The van der Waals surface area contributed by atoms with Crippen molar-refractivity contribution in [2.75, 3.05) is 19.3 Å². The summed E-state index contributed by atoms with van der Waals surface area (Å²) in [7, 11) is 0. The number of nitrogens with one attached hydrogen (secondary N) is 1. The predicted molar refractivity (Wildman–Crippen MR) is 75.2 cm³/mol. The average molecular weight is 300 g/mol. The van der Waals surface area contributed by atoms with Crippen LogP contribution in [0, 0.1) is 5.92 Å². The van der Waals surface area contributed by atoms with E-state index >= 15 is 0 Å². The summed E-state index contributed by atoms with van der Waals surface area (Å²) in [5, 5.41) is 3.42. The number of thioether (sulfide) groups is 1. The van der Waals surface area contributed by atoms with Gasteiger partial charge in [-0.1, -0.05) is 15.9 Å². The predicted octanol–water partition coefficient (Wildman–Crippen LogP) is 3.71. The van der Waals surface area contributed by atoms with Gasteiger partial charge in [-0.15, -0.1) is 11.8 Å². The van der Waals surface area contributed by atoms with Crippen molar-refractivity contribution < 1.29 is 0 Å². The van der Waals surface area contributed by atoms with Crippen molar-refractivity contribution in [3.05, 3.63) is 28.2 Å². The van der Waals surface area contributed by atoms with Gasteiger partial charge in [-0.2, -0.15) is 0 Å². The first-order chi connectivity index (χ1) is 7.78. The first-order valence-corrected chi connectivity index (χ1v) is 7.84. The first-order valence-electron chi connectivity index (χ1n) is 5.82. The number of hydrogen-bond donors (Lipinski definition) is 1. The van der Waals surface area contributed by atoms with Gasteiger partial charge >= 0.3 is 0 Å². The molecule has 1 aliphatic heterocycles. The minimum atomic E-state index is 0.866. The summed E-state index contributed by atoms with van der Waals surface area (Å²) in [6.07, 6.45) is 6.01. The molecule has 0 amide bonds. The van der Waals surface area contributed by atoms with E-state index in [4.69, 9.17) is 0 Å². The minimum Gasteiger partial charge on any atom is -0.317 e. The van der Waals surface area contributed by atoms with Crippen LogP contribution in [0.5, 0.6) is 0 Å². The Morgan fingerprint density at radius 1 is 1.31 bits per heavy atom. The molecule has 0 aliphatic carbocycles. The van der Waals surface area contributed by atoms with E-state index in [1.54, 1.807) is 0 Å². The van der Waals surface area contributed by atoms with Crippen LogP contribution in [0.3, 0.4) is 0 Å². The Kier molecular flexibility index (Phi) is 4.74. The van der Waals surface area contributed by atoms with E-state index < -0.39 is 0 Å². The average Bonchev–Trinajstić information content (AvgIpc) is 2.29. The normalized spacial score (nSPS) is 17.6. The monoisotopic (exact) mass is 299 g/mol. The van der Waals surface area contributed by atoms with Crippen LogP contribution in [-0.2, 0) is 6.42 Å². The molecule has 0 atom stereocenters. The van der Waals surface area contributed by atoms with Crippen LogP contribution in [0.25, 0.3) is 0 Å². The van der Waals surface area contributed by atoms with Crippen molar-refractivity contribution in [1.29, 1.82) is 0 Å². The molecule has 0 spiro atoms. The van der Waals surface area contributed by atoms with Gasteiger partial charge in [0.25, 0.3) is 0 Å². The van der Waals surface area contributed by atoms with E-state index in [9.17, 15) is 0 Å². The van der Waals surface area contributed by atoms with E-state index in [2.05, 4.69) is 45.7 Å². The highest BCUT2D eigenvalue weighted by Gasteiger charge is 2.13. The van der Waals surface area contributed by atoms with Crippen molar-refractivity contribution in [1.82, 2.24) is 5.32 Å². The number of piperidine rings is 1. The van der Waals surface area contributed by atoms with E-state index in [1.807, 2.05) is 11.8 Å². The van der Waals surface area contributed by atoms with Gasteiger partial charge < -0.3 is 5.32 Å². The molecular formula is C13H18BrNS. The van der Waals surface area contributed by atoms with E-state index in [-0.39, 0.29) is 0 Å². The summed E-state index contributed by atoms with van der Waals surface area (Å²) in [6.45, 7) is 2.38. The molecule has 0 bridgehead atoms. The van der Waals surface area contributed by atoms with E-state index in [0.29, 0.717) is 0 Å². The molecule has 1 nitrogen and oxygen atoms in total. The van der Waals surface area contributed by atoms with E-state index in [1.165, 1.54) is 47.3 Å². The summed E-state index contributed by atoms with van der Waals surface area (Å²) >= 11 is 5.41. The topological polar surface area (TPSA) is 12.0 Å². The van der Waals surface area contributed by atoms with Gasteiger partial charge in [0.1, 0.15) is 0 Å². The quantitative estimate of drug-likeness (QED) is 0.854. The largest absolute Gasteiger partial charge is 0.317 e. The summed E-state index contributed by atoms with van der Waals surface area (Å²) in [5.41, 5.74) is 1.48. The molecule has 16 heavy (non-hydrogen) atoms. The molecule has 88 valence electrons. The van der Waals surface area contributed by atoms with Crippen LogP contribution in [0.4, 0.5) is 0 Å². The maximum Gasteiger partial charge on any atom is 0.0189 e. The lowest BCUT2D eigenvalue weighted by Crippen LogP contribution is -2.28. The molecule has 0 aromatic heterocycles. The molecule has 1 fully saturated rings. The molecule has 0 saturated carbocycles. The molecule has 1 aliphatic rings. The molecule has 3 heteroatoms. The van der Waals surface area contributed by atoms with Crippen molar-refractivity contribution in [2.45, 2.75) is 24.2 Å². The lowest BCUT2D eigenvalue weighted by Gasteiger charge is -2.22. The van der Waals surface area contributed by atoms with Gasteiger partial charge in [-0.05, 0) is 68.3 Å². The lowest BCUT2D eigenvalue weighted by atomic mass is 9.91. The molecule has 1 saturated heterocycles. The summed E-state index contributed by atoms with van der Waals surface area (Å²) in [6, 6.07) is 6.79. The Bertz CT molecular complexity index is 348. The molecule has 0 radical (unpaired) electrons. The third-order valence-electron chi connectivity index (χ3n) is 3.15. The lowest BCUT2D eigenvalue weighted by molar-refractivity contribution is 0.372. The highest BCUT2D eigenvalue weighted by atomic mass is 79.9. The fourth-order valence-corrected chi connectivity index (χ4v) is 3.48. The standard InChI is InChI=1S/C13H18BrNS/c1-16-13-8-11(7-12(14)9-13)6-10-2-4-15-5-3-10/h7-10,15H,2-6H2,1H3. The Hall–Kier alpha value is 0.01000. The highest BCUT2D eigenvalue weighted by molar-refractivity contribution is 9.10. The van der Waals surface area contributed by atoms with E-state index in [0.717, 1.165) is 5.92 Å². The number of hydrogen-bond acceptors (Lipinski definition) is 2. The minimum absolute atomic E-state index is 0.866. The fraction of sp³-hybridized carbons (Fsp3) is 0.538. The number of benzene rings is 1. The Balaban J connectivity index is 2.04. The fourth-order valence-electron chi connectivity index (χ4n) is 2.28. The zero-order valence-corrected chi connectivity index (χ0v) is 12.0. The third-order valence-corrected chi connectivity index (χ3v) is 4.31. The van der Waals surface area contributed by atoms with Gasteiger partial charge in [-0.25, -0.2) is 0 Å². The van der Waals surface area contributed by atoms with Crippen molar-refractivity contribution in [3.63, 3.8) is 0 Å². The summed E-state index contributed by atoms with van der Waals surface area (Å²) in [4.78, 5) is 1.36. The molecule has 1 aromatic rings. The summed E-state index contributed by atoms with van der Waals surface area (Å²) in [5.74, 6) is 0.866. The van der Waals surface area contributed by atoms with Crippen molar-refractivity contribution >= 4 is 27.7 Å². The second-order valence-corrected chi connectivity index (χ2v) is 6.19. The van der Waals surface area contributed by atoms with Crippen LogP contribution in [0.15, 0.2) is 27.6 Å². The number of halogens is 1. The van der Waals surface area contributed by atoms with Gasteiger partial charge in [0.05, 0.1) is 0 Å². The first kappa shape index (κ1) is 12.5. The van der Waals surface area contributed by atoms with Gasteiger partial charge in [0.2, 0.25) is 0 Å². The Morgan fingerprint density at radius 3 is 2.75 bits per heavy atom. The highest BCUT2D eigenvalue weighted by Crippen LogP contribution is 2.26.